The molecule has 0 unspecified atom stereocenters. The van der Waals surface area contributed by atoms with Crippen LogP contribution in [-0.2, 0) is 0 Å². The van der Waals surface area contributed by atoms with Crippen LogP contribution in [0, 0.1) is 6.92 Å². The minimum Gasteiger partial charge on any atom is -0.197 e. The van der Waals surface area contributed by atoms with E-state index in [0.29, 0.717) is 5.92 Å². The minimum absolute atomic E-state index is 0.301. The molecule has 2 rings (SSSR count). The van der Waals surface area contributed by atoms with Crippen molar-refractivity contribution in [1.82, 2.24) is 20.2 Å². The Balaban J connectivity index is 2.50. The normalized spacial score (nSPS) is 11.1. The number of benzene rings is 1. The van der Waals surface area contributed by atoms with Gasteiger partial charge in [0.25, 0.3) is 0 Å². The molecule has 84 valence electrons. The van der Waals surface area contributed by atoms with Gasteiger partial charge in [-0.05, 0) is 35.0 Å². The molecule has 0 spiro atoms. The number of nitrogens with zero attached hydrogens (tertiary/aromatic N) is 4. The first-order valence-corrected chi connectivity index (χ1v) is 5.93. The van der Waals surface area contributed by atoms with Crippen molar-refractivity contribution in [2.75, 3.05) is 0 Å². The van der Waals surface area contributed by atoms with Gasteiger partial charge < -0.3 is 0 Å². The van der Waals surface area contributed by atoms with Crippen molar-refractivity contribution < 1.29 is 0 Å². The van der Waals surface area contributed by atoms with Gasteiger partial charge in [0.2, 0.25) is 0 Å². The van der Waals surface area contributed by atoms with E-state index in [1.807, 2.05) is 18.2 Å². The van der Waals surface area contributed by atoms with E-state index < -0.39 is 0 Å². The number of aryl methyl sites for hydroxylation is 1. The van der Waals surface area contributed by atoms with Crippen LogP contribution in [0.25, 0.3) is 5.69 Å². The van der Waals surface area contributed by atoms with Crippen molar-refractivity contribution >= 4 is 15.9 Å². The summed E-state index contributed by atoms with van der Waals surface area (Å²) in [5, 5.41) is 11.8. The maximum Gasteiger partial charge on any atom is 0.159 e. The summed E-state index contributed by atoms with van der Waals surface area (Å²) in [6, 6.07) is 6.09. The van der Waals surface area contributed by atoms with Gasteiger partial charge in [0.05, 0.1) is 5.69 Å². The molecule has 1 aromatic heterocycles. The first-order chi connectivity index (χ1) is 7.59. The maximum absolute atomic E-state index is 4.03. The van der Waals surface area contributed by atoms with E-state index >= 15 is 0 Å². The van der Waals surface area contributed by atoms with E-state index in [9.17, 15) is 0 Å². The van der Waals surface area contributed by atoms with Crippen LogP contribution in [0.3, 0.4) is 0 Å². The zero-order valence-electron chi connectivity index (χ0n) is 9.48. The summed E-state index contributed by atoms with van der Waals surface area (Å²) in [4.78, 5) is 0. The van der Waals surface area contributed by atoms with Crippen LogP contribution in [0.1, 0.15) is 31.2 Å². The van der Waals surface area contributed by atoms with Gasteiger partial charge in [0.15, 0.2) is 5.82 Å². The summed E-state index contributed by atoms with van der Waals surface area (Å²) >= 11 is 3.51. The molecule has 0 amide bonds. The summed E-state index contributed by atoms with van der Waals surface area (Å²) in [6.45, 7) is 6.20. The smallest absolute Gasteiger partial charge is 0.159 e. The molecule has 0 radical (unpaired) electrons. The van der Waals surface area contributed by atoms with Crippen molar-refractivity contribution in [2.24, 2.45) is 0 Å². The van der Waals surface area contributed by atoms with Crippen LogP contribution in [0.4, 0.5) is 0 Å². The lowest BCUT2D eigenvalue weighted by molar-refractivity contribution is 0.709. The SMILES string of the molecule is Cc1ccc(-n2nnnc2C(C)C)cc1Br. The number of rotatable bonds is 2. The van der Waals surface area contributed by atoms with Crippen molar-refractivity contribution in [2.45, 2.75) is 26.7 Å². The van der Waals surface area contributed by atoms with Crippen molar-refractivity contribution in [1.29, 1.82) is 0 Å². The Kier molecular flexibility index (Phi) is 3.05. The lowest BCUT2D eigenvalue weighted by Crippen LogP contribution is -2.04. The molecule has 4 nitrogen and oxygen atoms in total. The van der Waals surface area contributed by atoms with E-state index in [0.717, 1.165) is 16.0 Å². The molecule has 1 heterocycles. The average Bonchev–Trinajstić information content (AvgIpc) is 2.71. The van der Waals surface area contributed by atoms with Gasteiger partial charge in [-0.1, -0.05) is 35.8 Å². The quantitative estimate of drug-likeness (QED) is 0.850. The van der Waals surface area contributed by atoms with Crippen LogP contribution in [0.15, 0.2) is 22.7 Å². The molecule has 0 aliphatic carbocycles. The second-order valence-corrected chi connectivity index (χ2v) is 4.89. The van der Waals surface area contributed by atoms with E-state index in [1.54, 1.807) is 4.68 Å². The van der Waals surface area contributed by atoms with Crippen LogP contribution in [0.2, 0.25) is 0 Å². The molecule has 0 fully saturated rings. The van der Waals surface area contributed by atoms with Gasteiger partial charge in [-0.3, -0.25) is 0 Å². The minimum atomic E-state index is 0.301. The molecule has 0 saturated heterocycles. The maximum atomic E-state index is 4.03. The van der Waals surface area contributed by atoms with Crippen LogP contribution >= 0.6 is 15.9 Å². The molecule has 2 aromatic rings. The van der Waals surface area contributed by atoms with Gasteiger partial charge >= 0.3 is 0 Å². The highest BCUT2D eigenvalue weighted by Crippen LogP contribution is 2.21. The van der Waals surface area contributed by atoms with Gasteiger partial charge in [-0.2, -0.15) is 4.68 Å². The molecule has 0 aliphatic heterocycles. The second-order valence-electron chi connectivity index (χ2n) is 4.04. The monoisotopic (exact) mass is 280 g/mol. The molecule has 0 bridgehead atoms. The zero-order valence-corrected chi connectivity index (χ0v) is 11.1. The highest BCUT2D eigenvalue weighted by atomic mass is 79.9. The number of halogens is 1. The second kappa shape index (κ2) is 4.33. The molecular formula is C11H13BrN4. The molecule has 0 saturated carbocycles. The molecule has 5 heteroatoms. The average molecular weight is 281 g/mol. The van der Waals surface area contributed by atoms with Crippen molar-refractivity contribution in [3.05, 3.63) is 34.1 Å². The predicted molar refractivity (Wildman–Crippen MR) is 65.7 cm³/mol. The molecule has 0 aliphatic rings. The Morgan fingerprint density at radius 2 is 2.06 bits per heavy atom. The highest BCUT2D eigenvalue weighted by molar-refractivity contribution is 9.10. The van der Waals surface area contributed by atoms with Crippen molar-refractivity contribution in [3.8, 4) is 5.69 Å². The third-order valence-corrected chi connectivity index (χ3v) is 3.26. The highest BCUT2D eigenvalue weighted by Gasteiger charge is 2.12. The fraction of sp³-hybridized carbons (Fsp3) is 0.364. The standard InChI is InChI=1S/C11H13BrN4/c1-7(2)11-13-14-15-16(11)9-5-4-8(3)10(12)6-9/h4-7H,1-3H3. The van der Waals surface area contributed by atoms with E-state index in [1.165, 1.54) is 5.56 Å². The fourth-order valence-corrected chi connectivity index (χ4v) is 1.82. The Morgan fingerprint density at radius 1 is 1.31 bits per heavy atom. The number of aromatic nitrogens is 4. The third-order valence-electron chi connectivity index (χ3n) is 2.41. The number of hydrogen-bond donors (Lipinski definition) is 0. The summed E-state index contributed by atoms with van der Waals surface area (Å²) in [5.74, 6) is 1.17. The van der Waals surface area contributed by atoms with Gasteiger partial charge in [-0.15, -0.1) is 5.10 Å². The zero-order chi connectivity index (χ0) is 11.7. The van der Waals surface area contributed by atoms with E-state index in [2.05, 4.69) is 52.2 Å². The first-order valence-electron chi connectivity index (χ1n) is 5.14. The summed E-state index contributed by atoms with van der Waals surface area (Å²) in [6.07, 6.45) is 0. The number of tetrazole rings is 1. The van der Waals surface area contributed by atoms with Crippen LogP contribution in [0.5, 0.6) is 0 Å². The first kappa shape index (κ1) is 11.3. The van der Waals surface area contributed by atoms with E-state index in [-0.39, 0.29) is 0 Å². The van der Waals surface area contributed by atoms with Gasteiger partial charge in [0, 0.05) is 10.4 Å². The molecule has 0 N–H and O–H groups in total. The molecule has 1 aromatic carbocycles. The van der Waals surface area contributed by atoms with Gasteiger partial charge in [-0.25, -0.2) is 0 Å². The van der Waals surface area contributed by atoms with Gasteiger partial charge in [0.1, 0.15) is 0 Å². The Labute approximate surface area is 103 Å². The summed E-state index contributed by atoms with van der Waals surface area (Å²) in [7, 11) is 0. The molecule has 0 atom stereocenters. The summed E-state index contributed by atoms with van der Waals surface area (Å²) in [5.41, 5.74) is 2.18. The van der Waals surface area contributed by atoms with Crippen LogP contribution in [-0.4, -0.2) is 20.2 Å². The molecule has 16 heavy (non-hydrogen) atoms. The van der Waals surface area contributed by atoms with Crippen LogP contribution < -0.4 is 0 Å². The topological polar surface area (TPSA) is 43.6 Å². The number of hydrogen-bond acceptors (Lipinski definition) is 3. The Morgan fingerprint density at radius 3 is 2.69 bits per heavy atom. The fourth-order valence-electron chi connectivity index (χ4n) is 1.45. The predicted octanol–water partition coefficient (Wildman–Crippen LogP) is 2.86. The molecular weight excluding hydrogens is 268 g/mol. The Bertz CT molecular complexity index is 504. The third kappa shape index (κ3) is 2.00. The van der Waals surface area contributed by atoms with Crippen molar-refractivity contribution in [3.63, 3.8) is 0 Å². The largest absolute Gasteiger partial charge is 0.197 e. The Hall–Kier alpha value is -1.23. The lowest BCUT2D eigenvalue weighted by Gasteiger charge is -2.08. The van der Waals surface area contributed by atoms with E-state index in [4.69, 9.17) is 0 Å². The summed E-state index contributed by atoms with van der Waals surface area (Å²) < 4.78 is 2.84. The lowest BCUT2D eigenvalue weighted by atomic mass is 10.2.